The Morgan fingerprint density at radius 1 is 1.27 bits per heavy atom. The number of nitrogens with one attached hydrogen (secondary N) is 1. The molecule has 0 saturated heterocycles. The van der Waals surface area contributed by atoms with Crippen LogP contribution in [0.25, 0.3) is 0 Å². The van der Waals surface area contributed by atoms with Crippen LogP contribution in [-0.4, -0.2) is 25.9 Å². The van der Waals surface area contributed by atoms with Crippen LogP contribution in [0, 0.1) is 0 Å². The number of hydrogen-bond donors (Lipinski definition) is 1. The van der Waals surface area contributed by atoms with E-state index in [0.29, 0.717) is 5.69 Å². The topological polar surface area (TPSA) is 29.1 Å². The summed E-state index contributed by atoms with van der Waals surface area (Å²) in [5.74, 6) is -0.599. The van der Waals surface area contributed by atoms with Gasteiger partial charge in [-0.25, -0.2) is 0 Å². The van der Waals surface area contributed by atoms with Gasteiger partial charge in [0.05, 0.1) is 0 Å². The van der Waals surface area contributed by atoms with Gasteiger partial charge in [0.2, 0.25) is 0 Å². The Morgan fingerprint density at radius 3 is 2.40 bits per heavy atom. The van der Waals surface area contributed by atoms with E-state index in [9.17, 15) is 18.0 Å². The Balaban J connectivity index is 2.38. The predicted molar refractivity (Wildman–Crippen MR) is 51.7 cm³/mol. The van der Waals surface area contributed by atoms with E-state index in [1.165, 1.54) is 0 Å². The van der Waals surface area contributed by atoms with Crippen molar-refractivity contribution in [3.05, 3.63) is 30.3 Å². The maximum atomic E-state index is 11.8. The second-order valence-electron chi connectivity index (χ2n) is 2.65. The molecule has 1 amide bonds. The predicted octanol–water partition coefficient (Wildman–Crippen LogP) is 2.27. The van der Waals surface area contributed by atoms with Crippen LogP contribution in [0.15, 0.2) is 30.3 Å². The molecule has 1 rings (SSSR count). The Hall–Kier alpha value is -1.00. The second kappa shape index (κ2) is 5.19. The Labute approximate surface area is 91.0 Å². The molecule has 6 heteroatoms. The molecule has 1 aromatic rings. The number of rotatable bonds is 3. The van der Waals surface area contributed by atoms with Crippen molar-refractivity contribution in [2.75, 3.05) is 5.32 Å². The van der Waals surface area contributed by atoms with Gasteiger partial charge in [-0.15, -0.1) is 0 Å². The molecule has 0 aliphatic heterocycles. The van der Waals surface area contributed by atoms with Gasteiger partial charge in [0.15, 0.2) is 0 Å². The molecule has 0 aliphatic carbocycles. The van der Waals surface area contributed by atoms with Crippen molar-refractivity contribution in [3.63, 3.8) is 0 Å². The van der Waals surface area contributed by atoms with Crippen molar-refractivity contribution in [2.24, 2.45) is 0 Å². The summed E-state index contributed by atoms with van der Waals surface area (Å²) in [6.45, 7) is 0. The van der Waals surface area contributed by atoms with Crippen molar-refractivity contribution < 1.29 is 18.0 Å². The molecule has 82 valence electrons. The maximum absolute atomic E-state index is 11.8. The summed E-state index contributed by atoms with van der Waals surface area (Å²) < 4.78 is 35.4. The summed E-state index contributed by atoms with van der Waals surface area (Å²) in [7, 11) is 0. The van der Waals surface area contributed by atoms with Crippen LogP contribution in [0.3, 0.4) is 0 Å². The van der Waals surface area contributed by atoms with Gasteiger partial charge in [-0.1, -0.05) is 0 Å². The van der Waals surface area contributed by atoms with E-state index in [4.69, 9.17) is 0 Å². The number of hydrogen-bond acceptors (Lipinski definition) is 1. The van der Waals surface area contributed by atoms with Crippen LogP contribution in [-0.2, 0) is 4.79 Å². The first kappa shape index (κ1) is 12.1. The van der Waals surface area contributed by atoms with Gasteiger partial charge in [0.1, 0.15) is 0 Å². The molecule has 0 aliphatic rings. The first-order valence-corrected chi connectivity index (χ1v) is 6.10. The van der Waals surface area contributed by atoms with Gasteiger partial charge in [-0.2, -0.15) is 0 Å². The third-order valence-electron chi connectivity index (χ3n) is 1.42. The summed E-state index contributed by atoms with van der Waals surface area (Å²) in [6.07, 6.45) is 0. The van der Waals surface area contributed by atoms with Crippen molar-refractivity contribution in [2.45, 2.75) is 10.4 Å². The van der Waals surface area contributed by atoms with E-state index < -0.39 is 31.3 Å². The van der Waals surface area contributed by atoms with Gasteiger partial charge in [0, 0.05) is 0 Å². The summed E-state index contributed by atoms with van der Waals surface area (Å²) in [6, 6.07) is 8.40. The molecule has 2 nitrogen and oxygen atoms in total. The monoisotopic (exact) mass is 283 g/mol. The number of amides is 1. The number of carbonyl (C=O) groups excluding carboxylic acids is 1. The number of carbonyl (C=O) groups is 1. The Kier molecular flexibility index (Phi) is 4.17. The molecular weight excluding hydrogens is 274 g/mol. The van der Waals surface area contributed by atoms with Gasteiger partial charge in [0.25, 0.3) is 0 Å². The number of halogens is 3. The van der Waals surface area contributed by atoms with E-state index in [2.05, 4.69) is 5.32 Å². The minimum atomic E-state index is -4.22. The fourth-order valence-electron chi connectivity index (χ4n) is 0.866. The van der Waals surface area contributed by atoms with Crippen LogP contribution in [0.2, 0.25) is 5.32 Å². The van der Waals surface area contributed by atoms with E-state index in [1.54, 1.807) is 30.3 Å². The van der Waals surface area contributed by atoms with Crippen molar-refractivity contribution in [1.29, 1.82) is 0 Å². The van der Waals surface area contributed by atoms with E-state index in [0.717, 1.165) is 0 Å². The Morgan fingerprint density at radius 2 is 1.87 bits per heavy atom. The molecule has 0 aromatic heterocycles. The summed E-state index contributed by atoms with van der Waals surface area (Å²) in [5, 5.41) is -2.31. The fourth-order valence-corrected chi connectivity index (χ4v) is 1.64. The molecule has 1 aromatic carbocycles. The van der Waals surface area contributed by atoms with Crippen LogP contribution in [0.5, 0.6) is 0 Å². The number of para-hydroxylation sites is 1. The van der Waals surface area contributed by atoms with Gasteiger partial charge >= 0.3 is 90.6 Å². The summed E-state index contributed by atoms with van der Waals surface area (Å²) >= 11 is -1.65. The molecule has 1 N–H and O–H groups in total. The molecule has 0 unspecified atom stereocenters. The van der Waals surface area contributed by atoms with Gasteiger partial charge in [-0.05, 0) is 0 Å². The third kappa shape index (κ3) is 5.44. The molecule has 0 heterocycles. The second-order valence-corrected chi connectivity index (χ2v) is 4.83. The fraction of sp³-hybridized carbons (Fsp3) is 0.222. The van der Waals surface area contributed by atoms with Crippen molar-refractivity contribution in [1.82, 2.24) is 0 Å². The molecular formula is C9H8F3NOSe. The molecule has 0 fully saturated rings. The zero-order valence-electron chi connectivity index (χ0n) is 7.54. The van der Waals surface area contributed by atoms with Crippen LogP contribution in [0.4, 0.5) is 18.9 Å². The average Bonchev–Trinajstić information content (AvgIpc) is 2.15. The molecule has 15 heavy (non-hydrogen) atoms. The van der Waals surface area contributed by atoms with Crippen LogP contribution < -0.4 is 5.32 Å². The third-order valence-corrected chi connectivity index (χ3v) is 2.96. The number of alkyl halides is 3. The summed E-state index contributed by atoms with van der Waals surface area (Å²) in [4.78, 5) is 11.1. The molecule has 0 radical (unpaired) electrons. The number of benzene rings is 1. The summed E-state index contributed by atoms with van der Waals surface area (Å²) in [5.41, 5.74) is 0.514. The zero-order valence-corrected chi connectivity index (χ0v) is 9.26. The molecule has 0 atom stereocenters. The SMILES string of the molecule is O=C(C[Se]C(F)(F)F)Nc1ccccc1. The normalized spacial score (nSPS) is 11.1. The minimum absolute atomic E-state index is 0.481. The molecule has 0 spiro atoms. The van der Waals surface area contributed by atoms with Gasteiger partial charge < -0.3 is 0 Å². The van der Waals surface area contributed by atoms with Crippen LogP contribution in [0.1, 0.15) is 0 Å². The first-order valence-electron chi connectivity index (χ1n) is 4.03. The Bertz CT molecular complexity index is 326. The molecule has 0 bridgehead atoms. The quantitative estimate of drug-likeness (QED) is 0.847. The standard InChI is InChI=1S/C9H8F3NOSe/c10-9(11,12)15-6-8(14)13-7-4-2-1-3-5-7/h1-5H,6H2,(H,13,14). The molecule has 0 saturated carbocycles. The van der Waals surface area contributed by atoms with E-state index in [1.807, 2.05) is 0 Å². The van der Waals surface area contributed by atoms with E-state index >= 15 is 0 Å². The van der Waals surface area contributed by atoms with Crippen LogP contribution >= 0.6 is 0 Å². The van der Waals surface area contributed by atoms with Crippen molar-refractivity contribution >= 4 is 26.6 Å². The number of anilines is 1. The van der Waals surface area contributed by atoms with E-state index in [-0.39, 0.29) is 0 Å². The van der Waals surface area contributed by atoms with Crippen molar-refractivity contribution in [3.8, 4) is 0 Å². The van der Waals surface area contributed by atoms with Gasteiger partial charge in [-0.3, -0.25) is 0 Å². The first-order chi connectivity index (χ1) is 6.97. The zero-order chi connectivity index (χ0) is 11.3. The average molecular weight is 282 g/mol.